The van der Waals surface area contributed by atoms with Crippen LogP contribution in [0.1, 0.15) is 23.0 Å². The number of fused-ring (bicyclic) bond motifs is 1. The van der Waals surface area contributed by atoms with Gasteiger partial charge in [0.1, 0.15) is 12.1 Å². The molecule has 0 N–H and O–H groups in total. The lowest BCUT2D eigenvalue weighted by molar-refractivity contribution is -0.116. The zero-order valence-corrected chi connectivity index (χ0v) is 15.8. The Labute approximate surface area is 166 Å². The first-order valence-corrected chi connectivity index (χ1v) is 8.93. The molecule has 2 aromatic heterocycles. The molecule has 0 aliphatic rings. The Bertz CT molecular complexity index is 1230. The minimum atomic E-state index is -0.410. The van der Waals surface area contributed by atoms with Crippen LogP contribution in [0, 0.1) is 5.82 Å². The van der Waals surface area contributed by atoms with Crippen molar-refractivity contribution in [3.63, 3.8) is 0 Å². The second-order valence-electron chi connectivity index (χ2n) is 6.58. The Kier molecular flexibility index (Phi) is 4.64. The van der Waals surface area contributed by atoms with Gasteiger partial charge in [0, 0.05) is 37.0 Å². The lowest BCUT2D eigenvalue weighted by atomic mass is 10.1. The van der Waals surface area contributed by atoms with Crippen LogP contribution in [0.15, 0.2) is 67.1 Å². The van der Waals surface area contributed by atoms with Gasteiger partial charge in [0.05, 0.1) is 5.69 Å². The van der Waals surface area contributed by atoms with E-state index in [2.05, 4.69) is 9.97 Å². The molecule has 0 unspecified atom stereocenters. The minimum absolute atomic E-state index is 0.0724. The van der Waals surface area contributed by atoms with Crippen molar-refractivity contribution in [2.75, 3.05) is 11.9 Å². The van der Waals surface area contributed by atoms with Crippen LogP contribution in [-0.2, 0) is 4.79 Å². The van der Waals surface area contributed by atoms with Gasteiger partial charge in [-0.1, -0.05) is 12.1 Å². The molecule has 0 aliphatic carbocycles. The van der Waals surface area contributed by atoms with Crippen molar-refractivity contribution in [1.29, 1.82) is 0 Å². The first-order chi connectivity index (χ1) is 14.0. The van der Waals surface area contributed by atoms with E-state index in [1.165, 1.54) is 37.5 Å². The molecular weight excluding hydrogens is 371 g/mol. The van der Waals surface area contributed by atoms with Crippen LogP contribution in [0.3, 0.4) is 0 Å². The average Bonchev–Trinajstić information content (AvgIpc) is 3.17. The summed E-state index contributed by atoms with van der Waals surface area (Å²) < 4.78 is 14.9. The van der Waals surface area contributed by atoms with Crippen LogP contribution >= 0.6 is 0 Å². The third-order valence-corrected chi connectivity index (χ3v) is 4.75. The summed E-state index contributed by atoms with van der Waals surface area (Å²) in [5.41, 5.74) is 3.31. The molecule has 0 spiro atoms. The highest BCUT2D eigenvalue weighted by molar-refractivity contribution is 6.11. The predicted octanol–water partition coefficient (Wildman–Crippen LogP) is 3.75. The molecule has 0 atom stereocenters. The fraction of sp³-hybridized carbons (Fsp3) is 0.0909. The SMILES string of the molecule is CC(=O)N(C)c1cccc(-c2ccnc3c(C(=O)c4ccc(F)cc4)ncn23)c1. The van der Waals surface area contributed by atoms with Gasteiger partial charge in [0.25, 0.3) is 0 Å². The fourth-order valence-corrected chi connectivity index (χ4v) is 3.09. The average molecular weight is 388 g/mol. The number of benzene rings is 2. The maximum Gasteiger partial charge on any atom is 0.223 e. The van der Waals surface area contributed by atoms with Gasteiger partial charge in [-0.15, -0.1) is 0 Å². The zero-order chi connectivity index (χ0) is 20.5. The van der Waals surface area contributed by atoms with Gasteiger partial charge in [-0.3, -0.25) is 14.0 Å². The molecule has 0 saturated carbocycles. The number of aromatic nitrogens is 3. The summed E-state index contributed by atoms with van der Waals surface area (Å²) in [6, 6.07) is 14.6. The van der Waals surface area contributed by atoms with Crippen LogP contribution in [-0.4, -0.2) is 33.1 Å². The Morgan fingerprint density at radius 3 is 2.52 bits per heavy atom. The molecule has 1 amide bonds. The molecule has 4 aromatic rings. The molecule has 2 aromatic carbocycles. The third-order valence-electron chi connectivity index (χ3n) is 4.75. The van der Waals surface area contributed by atoms with Crippen molar-refractivity contribution in [3.8, 4) is 11.3 Å². The first-order valence-electron chi connectivity index (χ1n) is 8.93. The second-order valence-corrected chi connectivity index (χ2v) is 6.58. The number of hydrogen-bond donors (Lipinski definition) is 0. The highest BCUT2D eigenvalue weighted by Gasteiger charge is 2.18. The summed E-state index contributed by atoms with van der Waals surface area (Å²) in [5.74, 6) is -0.814. The Morgan fingerprint density at radius 1 is 1.03 bits per heavy atom. The maximum absolute atomic E-state index is 13.2. The van der Waals surface area contributed by atoms with Crippen LogP contribution in [0.2, 0.25) is 0 Å². The van der Waals surface area contributed by atoms with Crippen LogP contribution in [0.25, 0.3) is 16.9 Å². The molecule has 4 rings (SSSR count). The summed E-state index contributed by atoms with van der Waals surface area (Å²) in [7, 11) is 1.71. The number of carbonyl (C=O) groups excluding carboxylic acids is 2. The topological polar surface area (TPSA) is 67.6 Å². The lowest BCUT2D eigenvalue weighted by Gasteiger charge is -2.16. The van der Waals surface area contributed by atoms with Gasteiger partial charge in [0.2, 0.25) is 11.7 Å². The first kappa shape index (κ1) is 18.5. The van der Waals surface area contributed by atoms with Gasteiger partial charge in [-0.05, 0) is 42.5 Å². The number of imidazole rings is 1. The number of hydrogen-bond acceptors (Lipinski definition) is 4. The van der Waals surface area contributed by atoms with Gasteiger partial charge >= 0.3 is 0 Å². The number of ketones is 1. The summed E-state index contributed by atoms with van der Waals surface area (Å²) in [6.45, 7) is 1.50. The number of halogens is 1. The molecule has 0 radical (unpaired) electrons. The standard InChI is InChI=1S/C22H17FN4O2/c1-14(28)26(2)18-5-3-4-16(12-18)19-10-11-24-22-20(25-13-27(19)22)21(29)15-6-8-17(23)9-7-15/h3-13H,1-2H3. The minimum Gasteiger partial charge on any atom is -0.316 e. The van der Waals surface area contributed by atoms with E-state index in [9.17, 15) is 14.0 Å². The van der Waals surface area contributed by atoms with Gasteiger partial charge < -0.3 is 4.90 Å². The normalized spacial score (nSPS) is 10.9. The Hall–Kier alpha value is -3.87. The molecule has 29 heavy (non-hydrogen) atoms. The van der Waals surface area contributed by atoms with E-state index < -0.39 is 5.82 Å². The molecule has 2 heterocycles. The highest BCUT2D eigenvalue weighted by atomic mass is 19.1. The zero-order valence-electron chi connectivity index (χ0n) is 15.8. The van der Waals surface area contributed by atoms with E-state index in [1.54, 1.807) is 22.5 Å². The van der Waals surface area contributed by atoms with E-state index in [1.807, 2.05) is 30.3 Å². The number of nitrogens with zero attached hydrogens (tertiary/aromatic N) is 4. The number of rotatable bonds is 4. The van der Waals surface area contributed by atoms with Gasteiger partial charge in [-0.25, -0.2) is 14.4 Å². The molecule has 0 saturated heterocycles. The number of carbonyl (C=O) groups is 2. The second kappa shape index (κ2) is 7.27. The van der Waals surface area contributed by atoms with E-state index in [-0.39, 0.29) is 17.4 Å². The molecule has 0 bridgehead atoms. The van der Waals surface area contributed by atoms with Crippen molar-refractivity contribution in [3.05, 3.63) is 84.2 Å². The van der Waals surface area contributed by atoms with Gasteiger partial charge in [-0.2, -0.15) is 0 Å². The van der Waals surface area contributed by atoms with Crippen LogP contribution in [0.5, 0.6) is 0 Å². The molecule has 144 valence electrons. The molecule has 7 heteroatoms. The van der Waals surface area contributed by atoms with Gasteiger partial charge in [0.15, 0.2) is 11.3 Å². The number of anilines is 1. The summed E-state index contributed by atoms with van der Waals surface area (Å²) in [6.07, 6.45) is 3.14. The van der Waals surface area contributed by atoms with E-state index >= 15 is 0 Å². The Balaban J connectivity index is 1.79. The maximum atomic E-state index is 13.2. The smallest absolute Gasteiger partial charge is 0.223 e. The third kappa shape index (κ3) is 3.38. The van der Waals surface area contributed by atoms with Crippen molar-refractivity contribution in [2.45, 2.75) is 6.92 Å². The monoisotopic (exact) mass is 388 g/mol. The number of amides is 1. The van der Waals surface area contributed by atoms with Crippen molar-refractivity contribution < 1.29 is 14.0 Å². The largest absolute Gasteiger partial charge is 0.316 e. The summed E-state index contributed by atoms with van der Waals surface area (Å²) >= 11 is 0. The molecular formula is C22H17FN4O2. The predicted molar refractivity (Wildman–Crippen MR) is 107 cm³/mol. The van der Waals surface area contributed by atoms with Crippen LogP contribution in [0.4, 0.5) is 10.1 Å². The molecule has 6 nitrogen and oxygen atoms in total. The summed E-state index contributed by atoms with van der Waals surface area (Å²) in [4.78, 5) is 34.6. The van der Waals surface area contributed by atoms with Crippen molar-refractivity contribution in [2.24, 2.45) is 0 Å². The lowest BCUT2D eigenvalue weighted by Crippen LogP contribution is -2.22. The van der Waals surface area contributed by atoms with Crippen LogP contribution < -0.4 is 4.90 Å². The van der Waals surface area contributed by atoms with E-state index in [0.29, 0.717) is 11.2 Å². The van der Waals surface area contributed by atoms with E-state index in [0.717, 1.165) is 16.9 Å². The molecule has 0 fully saturated rings. The van der Waals surface area contributed by atoms with E-state index in [4.69, 9.17) is 0 Å². The summed E-state index contributed by atoms with van der Waals surface area (Å²) in [5, 5.41) is 0. The quantitative estimate of drug-likeness (QED) is 0.500. The Morgan fingerprint density at radius 2 is 1.79 bits per heavy atom. The molecule has 0 aliphatic heterocycles. The fourth-order valence-electron chi connectivity index (χ4n) is 3.09. The van der Waals surface area contributed by atoms with Crippen molar-refractivity contribution in [1.82, 2.24) is 14.4 Å². The highest BCUT2D eigenvalue weighted by Crippen LogP contribution is 2.26. The van der Waals surface area contributed by atoms with Crippen molar-refractivity contribution >= 4 is 23.0 Å².